The molecule has 0 aliphatic rings. The summed E-state index contributed by atoms with van der Waals surface area (Å²) < 4.78 is 14.9. The fourth-order valence-corrected chi connectivity index (χ4v) is 1.17. The minimum atomic E-state index is -3.22. The van der Waals surface area contributed by atoms with Gasteiger partial charge in [0.15, 0.2) is 0 Å². The molecule has 0 radical (unpaired) electrons. The van der Waals surface area contributed by atoms with Crippen molar-refractivity contribution in [2.45, 2.75) is 20.0 Å². The van der Waals surface area contributed by atoms with Gasteiger partial charge in [0, 0.05) is 47.1 Å². The Morgan fingerprint density at radius 1 is 1.56 bits per heavy atom. The van der Waals surface area contributed by atoms with Gasteiger partial charge in [-0.1, -0.05) is 0 Å². The quantitative estimate of drug-likeness (QED) is 0.777. The van der Waals surface area contributed by atoms with Crippen LogP contribution in [0.3, 0.4) is 0 Å². The zero-order valence-corrected chi connectivity index (χ0v) is 9.21. The van der Waals surface area contributed by atoms with E-state index in [-0.39, 0.29) is 46.5 Å². The smallest absolute Gasteiger partial charge is 0.324 e. The molecular weight excluding hydrogens is 277 g/mol. The van der Waals surface area contributed by atoms with Gasteiger partial charge >= 0.3 is 7.60 Å². The van der Waals surface area contributed by atoms with Crippen molar-refractivity contribution in [2.75, 3.05) is 6.66 Å². The van der Waals surface area contributed by atoms with E-state index in [1.54, 1.807) is 13.8 Å². The molecule has 56 valence electrons. The van der Waals surface area contributed by atoms with Crippen molar-refractivity contribution in [1.82, 2.24) is 0 Å². The standard InChI is InChI=1S/C4H11O3P.Sm/c1-4(2)7-8(3,5)6;/h4H,1-3H3,(H,5,6);. The van der Waals surface area contributed by atoms with Gasteiger partial charge in [0.2, 0.25) is 0 Å². The van der Waals surface area contributed by atoms with Gasteiger partial charge in [0.1, 0.15) is 0 Å². The first kappa shape index (κ1) is 13.1. The molecule has 0 aromatic rings. The maximum absolute atomic E-state index is 10.4. The SMILES string of the molecule is CC(C)OP(C)(=O)O.[Sm]. The van der Waals surface area contributed by atoms with E-state index in [0.717, 1.165) is 0 Å². The molecule has 9 heavy (non-hydrogen) atoms. The summed E-state index contributed by atoms with van der Waals surface area (Å²) in [6.07, 6.45) is -0.171. The normalized spacial score (nSPS) is 16.6. The molecule has 3 nitrogen and oxygen atoms in total. The van der Waals surface area contributed by atoms with E-state index in [1.807, 2.05) is 0 Å². The molecule has 0 aromatic heterocycles. The molecule has 0 rings (SSSR count). The van der Waals surface area contributed by atoms with Crippen LogP contribution in [-0.4, -0.2) is 17.7 Å². The second-order valence-corrected chi connectivity index (χ2v) is 3.77. The van der Waals surface area contributed by atoms with Gasteiger partial charge in [-0.05, 0) is 13.8 Å². The van der Waals surface area contributed by atoms with Crippen LogP contribution in [0, 0.1) is 40.4 Å². The summed E-state index contributed by atoms with van der Waals surface area (Å²) >= 11 is 0. The average molecular weight is 288 g/mol. The predicted octanol–water partition coefficient (Wildman–Crippen LogP) is 1.23. The summed E-state index contributed by atoms with van der Waals surface area (Å²) in [4.78, 5) is 8.52. The molecule has 0 heterocycles. The Balaban J connectivity index is 0. The van der Waals surface area contributed by atoms with E-state index in [4.69, 9.17) is 4.89 Å². The van der Waals surface area contributed by atoms with Gasteiger partial charge in [-0.25, -0.2) is 0 Å². The van der Waals surface area contributed by atoms with Crippen LogP contribution >= 0.6 is 7.60 Å². The largest absolute Gasteiger partial charge is 0.325 e. The Morgan fingerprint density at radius 2 is 1.89 bits per heavy atom. The Hall–Kier alpha value is 1.49. The molecular formula is C4H11O3PSm. The van der Waals surface area contributed by atoms with E-state index in [2.05, 4.69) is 4.52 Å². The maximum Gasteiger partial charge on any atom is 0.325 e. The Labute approximate surface area is 87.8 Å². The summed E-state index contributed by atoms with van der Waals surface area (Å²) in [5.41, 5.74) is 0. The summed E-state index contributed by atoms with van der Waals surface area (Å²) in [5, 5.41) is 0. The van der Waals surface area contributed by atoms with Crippen LogP contribution in [0.15, 0.2) is 0 Å². The van der Waals surface area contributed by atoms with Gasteiger partial charge in [-0.3, -0.25) is 4.57 Å². The van der Waals surface area contributed by atoms with Crippen LogP contribution < -0.4 is 0 Å². The van der Waals surface area contributed by atoms with Crippen molar-refractivity contribution in [1.29, 1.82) is 0 Å². The van der Waals surface area contributed by atoms with Gasteiger partial charge < -0.3 is 9.42 Å². The molecule has 0 aromatic carbocycles. The van der Waals surface area contributed by atoms with Crippen LogP contribution in [0.1, 0.15) is 13.8 Å². The minimum Gasteiger partial charge on any atom is -0.324 e. The second kappa shape index (κ2) is 5.18. The fraction of sp³-hybridized carbons (Fsp3) is 1.00. The topological polar surface area (TPSA) is 46.5 Å². The van der Waals surface area contributed by atoms with E-state index in [0.29, 0.717) is 0 Å². The molecule has 5 heteroatoms. The van der Waals surface area contributed by atoms with Crippen molar-refractivity contribution in [3.05, 3.63) is 0 Å². The Bertz CT molecular complexity index is 108. The van der Waals surface area contributed by atoms with Crippen molar-refractivity contribution in [3.8, 4) is 0 Å². The summed E-state index contributed by atoms with van der Waals surface area (Å²) in [5.74, 6) is 0. The fourth-order valence-electron chi connectivity index (χ4n) is 0.391. The molecule has 0 aliphatic heterocycles. The minimum absolute atomic E-state index is 0. The molecule has 0 saturated heterocycles. The Kier molecular flexibility index (Phi) is 7.54. The summed E-state index contributed by atoms with van der Waals surface area (Å²) in [7, 11) is -3.22. The molecule has 1 unspecified atom stereocenters. The molecule has 0 saturated carbocycles. The number of rotatable bonds is 2. The van der Waals surface area contributed by atoms with Gasteiger partial charge in [0.05, 0.1) is 6.10 Å². The third-order valence-electron chi connectivity index (χ3n) is 0.406. The Morgan fingerprint density at radius 3 is 1.89 bits per heavy atom. The van der Waals surface area contributed by atoms with Crippen LogP contribution in [0.4, 0.5) is 0 Å². The molecule has 0 amide bonds. The molecule has 1 N–H and O–H groups in total. The van der Waals surface area contributed by atoms with E-state index in [9.17, 15) is 4.57 Å². The molecule has 0 bridgehead atoms. The number of hydrogen-bond donors (Lipinski definition) is 1. The van der Waals surface area contributed by atoms with Crippen molar-refractivity contribution in [3.63, 3.8) is 0 Å². The van der Waals surface area contributed by atoms with E-state index < -0.39 is 7.60 Å². The van der Waals surface area contributed by atoms with Crippen LogP contribution in [0.5, 0.6) is 0 Å². The molecule has 0 fully saturated rings. The zero-order chi connectivity index (χ0) is 6.78. The summed E-state index contributed by atoms with van der Waals surface area (Å²) in [6.45, 7) is 4.60. The van der Waals surface area contributed by atoms with Crippen molar-refractivity contribution < 1.29 is 54.4 Å². The average Bonchev–Trinajstić information content (AvgIpc) is 1.21. The van der Waals surface area contributed by atoms with E-state index >= 15 is 0 Å². The first-order valence-electron chi connectivity index (χ1n) is 2.40. The van der Waals surface area contributed by atoms with Crippen molar-refractivity contribution >= 4 is 7.60 Å². The molecule has 1 atom stereocenters. The predicted molar refractivity (Wildman–Crippen MR) is 32.0 cm³/mol. The van der Waals surface area contributed by atoms with Gasteiger partial charge in [-0.2, -0.15) is 0 Å². The van der Waals surface area contributed by atoms with Crippen LogP contribution in [0.2, 0.25) is 0 Å². The molecule has 0 aliphatic carbocycles. The third kappa shape index (κ3) is 12.6. The van der Waals surface area contributed by atoms with E-state index in [1.165, 1.54) is 6.66 Å². The zero-order valence-electron chi connectivity index (χ0n) is 5.70. The maximum atomic E-state index is 10.4. The van der Waals surface area contributed by atoms with Crippen LogP contribution in [-0.2, 0) is 9.09 Å². The second-order valence-electron chi connectivity index (χ2n) is 1.96. The molecule has 0 spiro atoms. The first-order valence-corrected chi connectivity index (χ1v) is 4.43. The number of hydrogen-bond acceptors (Lipinski definition) is 2. The first-order chi connectivity index (χ1) is 3.42. The third-order valence-corrected chi connectivity index (χ3v) is 1.22. The van der Waals surface area contributed by atoms with Gasteiger partial charge in [0.25, 0.3) is 0 Å². The van der Waals surface area contributed by atoms with Crippen molar-refractivity contribution in [2.24, 2.45) is 0 Å². The van der Waals surface area contributed by atoms with Crippen LogP contribution in [0.25, 0.3) is 0 Å². The monoisotopic (exact) mass is 290 g/mol. The van der Waals surface area contributed by atoms with Gasteiger partial charge in [-0.15, -0.1) is 0 Å². The summed E-state index contributed by atoms with van der Waals surface area (Å²) in [6, 6.07) is 0.